The van der Waals surface area contributed by atoms with Gasteiger partial charge in [0.05, 0.1) is 32.3 Å². The van der Waals surface area contributed by atoms with Gasteiger partial charge in [0.2, 0.25) is 0 Å². The summed E-state index contributed by atoms with van der Waals surface area (Å²) in [4.78, 5) is 11.6. The maximum absolute atomic E-state index is 14.5. The molecule has 1 saturated carbocycles. The summed E-state index contributed by atoms with van der Waals surface area (Å²) in [7, 11) is 3.04. The van der Waals surface area contributed by atoms with Crippen LogP contribution in [0.4, 0.5) is 4.39 Å². The van der Waals surface area contributed by atoms with Crippen molar-refractivity contribution in [3.63, 3.8) is 0 Å². The van der Waals surface area contributed by atoms with Crippen LogP contribution in [0.3, 0.4) is 0 Å². The van der Waals surface area contributed by atoms with Gasteiger partial charge < -0.3 is 18.9 Å². The van der Waals surface area contributed by atoms with Gasteiger partial charge in [-0.05, 0) is 68.1 Å². The van der Waals surface area contributed by atoms with Crippen LogP contribution in [0.1, 0.15) is 25.8 Å². The predicted molar refractivity (Wildman–Crippen MR) is 112 cm³/mol. The van der Waals surface area contributed by atoms with Crippen LogP contribution in [0.25, 0.3) is 11.1 Å². The van der Waals surface area contributed by atoms with Crippen molar-refractivity contribution >= 4 is 5.97 Å². The Labute approximate surface area is 177 Å². The van der Waals surface area contributed by atoms with E-state index >= 15 is 0 Å². The minimum atomic E-state index is -0.309. The van der Waals surface area contributed by atoms with Gasteiger partial charge in [0, 0.05) is 18.6 Å². The lowest BCUT2D eigenvalue weighted by atomic mass is 10.00. The summed E-state index contributed by atoms with van der Waals surface area (Å²) in [5.74, 6) is 0.960. The van der Waals surface area contributed by atoms with Gasteiger partial charge in [-0.25, -0.2) is 4.39 Å². The standard InChI is InChI=1S/C24H29FO5/c1-15(2)30-19-6-7-22(25)20(13-19)16-5-8-23(17(11-16)9-10-27-3)29-14-18-12-21(18)24(26)28-4/h5-8,11,13,15,18,21H,9-10,12,14H2,1-4H3. The molecule has 2 atom stereocenters. The lowest BCUT2D eigenvalue weighted by Gasteiger charge is -2.15. The molecule has 1 fully saturated rings. The Kier molecular flexibility index (Phi) is 7.32. The monoisotopic (exact) mass is 416 g/mol. The molecular formula is C24H29FO5. The van der Waals surface area contributed by atoms with Crippen molar-refractivity contribution in [3.05, 3.63) is 47.8 Å². The highest BCUT2D eigenvalue weighted by Crippen LogP contribution is 2.40. The topological polar surface area (TPSA) is 54.0 Å². The summed E-state index contributed by atoms with van der Waals surface area (Å²) in [6.07, 6.45) is 1.42. The van der Waals surface area contributed by atoms with Crippen molar-refractivity contribution in [2.75, 3.05) is 27.4 Å². The zero-order chi connectivity index (χ0) is 21.7. The Morgan fingerprint density at radius 3 is 2.67 bits per heavy atom. The summed E-state index contributed by atoms with van der Waals surface area (Å²) >= 11 is 0. The lowest BCUT2D eigenvalue weighted by molar-refractivity contribution is -0.142. The molecule has 0 radical (unpaired) electrons. The number of methoxy groups -OCH3 is 2. The Balaban J connectivity index is 1.80. The molecule has 1 aliphatic rings. The van der Waals surface area contributed by atoms with Crippen LogP contribution in [0.5, 0.6) is 11.5 Å². The highest BCUT2D eigenvalue weighted by molar-refractivity contribution is 5.75. The largest absolute Gasteiger partial charge is 0.493 e. The van der Waals surface area contributed by atoms with Gasteiger partial charge in [-0.1, -0.05) is 6.07 Å². The molecule has 3 rings (SSSR count). The maximum atomic E-state index is 14.5. The second-order valence-corrected chi connectivity index (χ2v) is 7.81. The van der Waals surface area contributed by atoms with Crippen LogP contribution in [0.15, 0.2) is 36.4 Å². The van der Waals surface area contributed by atoms with E-state index in [1.807, 2.05) is 32.0 Å². The van der Waals surface area contributed by atoms with Gasteiger partial charge in [-0.3, -0.25) is 4.79 Å². The average molecular weight is 416 g/mol. The minimum Gasteiger partial charge on any atom is -0.493 e. The molecule has 2 aromatic rings. The van der Waals surface area contributed by atoms with Gasteiger partial charge in [0.15, 0.2) is 0 Å². The van der Waals surface area contributed by atoms with Crippen LogP contribution < -0.4 is 9.47 Å². The average Bonchev–Trinajstić information content (AvgIpc) is 3.51. The maximum Gasteiger partial charge on any atom is 0.309 e. The van der Waals surface area contributed by atoms with E-state index in [0.717, 1.165) is 23.3 Å². The van der Waals surface area contributed by atoms with Crippen molar-refractivity contribution < 1.29 is 28.1 Å². The highest BCUT2D eigenvalue weighted by atomic mass is 19.1. The van der Waals surface area contributed by atoms with E-state index in [-0.39, 0.29) is 29.7 Å². The molecule has 0 aromatic heterocycles. The Bertz CT molecular complexity index is 880. The Morgan fingerprint density at radius 2 is 1.97 bits per heavy atom. The van der Waals surface area contributed by atoms with E-state index in [4.69, 9.17) is 18.9 Å². The smallest absolute Gasteiger partial charge is 0.309 e. The molecule has 2 aromatic carbocycles. The summed E-state index contributed by atoms with van der Waals surface area (Å²) < 4.78 is 36.3. The van der Waals surface area contributed by atoms with Crippen molar-refractivity contribution in [1.82, 2.24) is 0 Å². The molecule has 1 aliphatic carbocycles. The van der Waals surface area contributed by atoms with Crippen LogP contribution >= 0.6 is 0 Å². The summed E-state index contributed by atoms with van der Waals surface area (Å²) in [6.45, 7) is 4.84. The molecule has 0 heterocycles. The van der Waals surface area contributed by atoms with Crippen molar-refractivity contribution in [3.8, 4) is 22.6 Å². The van der Waals surface area contributed by atoms with Crippen LogP contribution in [0, 0.1) is 17.7 Å². The van der Waals surface area contributed by atoms with E-state index in [9.17, 15) is 9.18 Å². The number of carbonyl (C=O) groups excluding carboxylic acids is 1. The van der Waals surface area contributed by atoms with Crippen molar-refractivity contribution in [2.24, 2.45) is 11.8 Å². The molecule has 0 N–H and O–H groups in total. The number of benzene rings is 2. The zero-order valence-electron chi connectivity index (χ0n) is 17.9. The van der Waals surface area contributed by atoms with E-state index in [1.165, 1.54) is 13.2 Å². The fourth-order valence-electron chi connectivity index (χ4n) is 3.43. The molecule has 162 valence electrons. The first-order valence-electron chi connectivity index (χ1n) is 10.2. The normalized spacial score (nSPS) is 17.7. The third-order valence-corrected chi connectivity index (χ3v) is 5.14. The van der Waals surface area contributed by atoms with Gasteiger partial charge >= 0.3 is 5.97 Å². The van der Waals surface area contributed by atoms with Crippen LogP contribution in [-0.4, -0.2) is 39.5 Å². The fraction of sp³-hybridized carbons (Fsp3) is 0.458. The first-order valence-corrected chi connectivity index (χ1v) is 10.2. The van der Waals surface area contributed by atoms with Crippen LogP contribution in [0.2, 0.25) is 0 Å². The number of esters is 1. The lowest BCUT2D eigenvalue weighted by Crippen LogP contribution is -2.09. The second-order valence-electron chi connectivity index (χ2n) is 7.81. The number of ether oxygens (including phenoxy) is 4. The molecule has 0 amide bonds. The molecule has 30 heavy (non-hydrogen) atoms. The number of hydrogen-bond acceptors (Lipinski definition) is 5. The number of hydrogen-bond donors (Lipinski definition) is 0. The van der Waals surface area contributed by atoms with Crippen LogP contribution in [-0.2, 0) is 20.7 Å². The third kappa shape index (κ3) is 5.51. The molecule has 0 aliphatic heterocycles. The van der Waals surface area contributed by atoms with Gasteiger partial charge in [0.1, 0.15) is 17.3 Å². The molecule has 6 heteroatoms. The van der Waals surface area contributed by atoms with Gasteiger partial charge in [-0.15, -0.1) is 0 Å². The first kappa shape index (κ1) is 22.1. The molecule has 2 unspecified atom stereocenters. The molecular weight excluding hydrogens is 387 g/mol. The van der Waals surface area contributed by atoms with E-state index in [0.29, 0.717) is 30.9 Å². The molecule has 0 saturated heterocycles. The SMILES string of the molecule is COCCc1cc(-c2cc(OC(C)C)ccc2F)ccc1OCC1CC1C(=O)OC. The number of halogens is 1. The number of carbonyl (C=O) groups is 1. The summed E-state index contributed by atoms with van der Waals surface area (Å²) in [5.41, 5.74) is 2.16. The zero-order valence-corrected chi connectivity index (χ0v) is 17.9. The molecule has 5 nitrogen and oxygen atoms in total. The van der Waals surface area contributed by atoms with Crippen molar-refractivity contribution in [2.45, 2.75) is 32.8 Å². The first-order chi connectivity index (χ1) is 14.4. The highest BCUT2D eigenvalue weighted by Gasteiger charge is 2.44. The van der Waals surface area contributed by atoms with E-state index < -0.39 is 0 Å². The minimum absolute atomic E-state index is 0.00703. The fourth-order valence-corrected chi connectivity index (χ4v) is 3.43. The quantitative estimate of drug-likeness (QED) is 0.528. The number of rotatable bonds is 10. The Morgan fingerprint density at radius 1 is 1.17 bits per heavy atom. The van der Waals surface area contributed by atoms with Gasteiger partial charge in [-0.2, -0.15) is 0 Å². The van der Waals surface area contributed by atoms with Crippen molar-refractivity contribution in [1.29, 1.82) is 0 Å². The Hall–Kier alpha value is -2.60. The molecule has 0 spiro atoms. The van der Waals surface area contributed by atoms with E-state index in [2.05, 4.69) is 0 Å². The van der Waals surface area contributed by atoms with E-state index in [1.54, 1.807) is 19.2 Å². The molecule has 0 bridgehead atoms. The van der Waals surface area contributed by atoms with Gasteiger partial charge in [0.25, 0.3) is 0 Å². The summed E-state index contributed by atoms with van der Waals surface area (Å²) in [6, 6.07) is 10.4. The second kappa shape index (κ2) is 9.94. The third-order valence-electron chi connectivity index (χ3n) is 5.14. The summed E-state index contributed by atoms with van der Waals surface area (Å²) in [5, 5.41) is 0. The predicted octanol–water partition coefficient (Wildman–Crippen LogP) is 4.66.